The Morgan fingerprint density at radius 1 is 0.368 bits per heavy atom. The van der Waals surface area contributed by atoms with Crippen molar-refractivity contribution in [2.45, 2.75) is 34.6 Å². The standard InChI is InChI=1S/C54H41N3/c1-33-21-34(2)24-42(23-33)39-17-19-51-47(29-39)44-13-6-8-15-49(44)56(51)53-27-37(5)46(41-12-10-11-38(28-41)32-55)31-54(53)57-50-16-9-7-14-45(50)48-30-40(18-20-52(48)57)43-25-35(3)22-36(4)26-43/h6-31H,1-5H3. The van der Waals surface area contributed by atoms with Crippen molar-refractivity contribution in [1.82, 2.24) is 9.13 Å². The van der Waals surface area contributed by atoms with Gasteiger partial charge in [-0.15, -0.1) is 0 Å². The van der Waals surface area contributed by atoms with Crippen LogP contribution in [-0.4, -0.2) is 9.13 Å². The van der Waals surface area contributed by atoms with Crippen LogP contribution in [0.2, 0.25) is 0 Å². The second-order valence-electron chi connectivity index (χ2n) is 15.8. The molecule has 3 nitrogen and oxygen atoms in total. The van der Waals surface area contributed by atoms with Crippen LogP contribution in [-0.2, 0) is 0 Å². The molecule has 272 valence electrons. The quantitative estimate of drug-likeness (QED) is 0.173. The minimum atomic E-state index is 0.648. The molecule has 2 aromatic heterocycles. The number of nitrogens with zero attached hydrogens (tertiary/aromatic N) is 3. The van der Waals surface area contributed by atoms with E-state index in [4.69, 9.17) is 0 Å². The number of nitriles is 1. The second kappa shape index (κ2) is 13.3. The van der Waals surface area contributed by atoms with E-state index in [1.807, 2.05) is 18.2 Å². The fraction of sp³-hybridized carbons (Fsp3) is 0.0926. The Bertz CT molecular complexity index is 3270. The number of fused-ring (bicyclic) bond motifs is 6. The molecule has 0 saturated carbocycles. The predicted octanol–water partition coefficient (Wildman–Crippen LogP) is 14.3. The van der Waals surface area contributed by atoms with Crippen LogP contribution in [0.5, 0.6) is 0 Å². The summed E-state index contributed by atoms with van der Waals surface area (Å²) < 4.78 is 4.91. The van der Waals surface area contributed by atoms with Gasteiger partial charge in [0.25, 0.3) is 0 Å². The number of rotatable bonds is 5. The second-order valence-corrected chi connectivity index (χ2v) is 15.8. The third-order valence-electron chi connectivity index (χ3n) is 11.6. The normalized spacial score (nSPS) is 11.6. The number of hydrogen-bond acceptors (Lipinski definition) is 1. The molecule has 0 aliphatic carbocycles. The van der Waals surface area contributed by atoms with E-state index in [1.165, 1.54) is 66.1 Å². The molecule has 10 rings (SSSR count). The zero-order valence-electron chi connectivity index (χ0n) is 32.9. The molecule has 0 aliphatic rings. The Balaban J connectivity index is 1.30. The first-order valence-corrected chi connectivity index (χ1v) is 19.6. The van der Waals surface area contributed by atoms with Crippen molar-refractivity contribution in [2.75, 3.05) is 0 Å². The molecule has 0 fully saturated rings. The van der Waals surface area contributed by atoms with E-state index in [1.54, 1.807) is 0 Å². The highest BCUT2D eigenvalue weighted by Gasteiger charge is 2.22. The Morgan fingerprint density at radius 2 is 0.842 bits per heavy atom. The Hall–Kier alpha value is -7.15. The lowest BCUT2D eigenvalue weighted by Gasteiger charge is -2.20. The van der Waals surface area contributed by atoms with Crippen LogP contribution in [0.3, 0.4) is 0 Å². The maximum Gasteiger partial charge on any atom is 0.0991 e. The van der Waals surface area contributed by atoms with Crippen LogP contribution < -0.4 is 0 Å². The van der Waals surface area contributed by atoms with Crippen LogP contribution in [0.4, 0.5) is 0 Å². The summed E-state index contributed by atoms with van der Waals surface area (Å²) in [5, 5.41) is 14.7. The SMILES string of the molecule is Cc1cc(C)cc(-c2ccc3c(c2)c2ccccc2n3-c2cc(C)c(-c3cccc(C#N)c3)cc2-n2c3ccccc3c3cc(-c4cc(C)cc(C)c4)ccc32)c1. The van der Waals surface area contributed by atoms with E-state index in [2.05, 4.69) is 189 Å². The first-order valence-electron chi connectivity index (χ1n) is 19.6. The summed E-state index contributed by atoms with van der Waals surface area (Å²) in [5.74, 6) is 0. The maximum atomic E-state index is 9.89. The van der Waals surface area contributed by atoms with Crippen molar-refractivity contribution in [3.8, 4) is 50.8 Å². The molecule has 0 spiro atoms. The third kappa shape index (κ3) is 5.73. The van der Waals surface area contributed by atoms with Gasteiger partial charge in [-0.25, -0.2) is 0 Å². The fourth-order valence-corrected chi connectivity index (χ4v) is 9.21. The van der Waals surface area contributed by atoms with Crippen LogP contribution in [0.15, 0.2) is 158 Å². The van der Waals surface area contributed by atoms with Crippen molar-refractivity contribution in [3.63, 3.8) is 0 Å². The van der Waals surface area contributed by atoms with E-state index in [0.717, 1.165) is 50.1 Å². The highest BCUT2D eigenvalue weighted by Crippen LogP contribution is 2.42. The van der Waals surface area contributed by atoms with Gasteiger partial charge in [0.1, 0.15) is 0 Å². The van der Waals surface area contributed by atoms with Crippen molar-refractivity contribution < 1.29 is 0 Å². The van der Waals surface area contributed by atoms with Gasteiger partial charge in [-0.05, 0) is 134 Å². The summed E-state index contributed by atoms with van der Waals surface area (Å²) in [4.78, 5) is 0. The molecular formula is C54H41N3. The average Bonchev–Trinajstić information content (AvgIpc) is 3.72. The van der Waals surface area contributed by atoms with Crippen LogP contribution in [0.1, 0.15) is 33.4 Å². The van der Waals surface area contributed by atoms with E-state index in [9.17, 15) is 5.26 Å². The molecule has 2 heterocycles. The van der Waals surface area contributed by atoms with E-state index in [0.29, 0.717) is 5.56 Å². The lowest BCUT2D eigenvalue weighted by molar-refractivity contribution is 1.09. The van der Waals surface area contributed by atoms with E-state index < -0.39 is 0 Å². The molecule has 0 unspecified atom stereocenters. The van der Waals surface area contributed by atoms with Gasteiger partial charge >= 0.3 is 0 Å². The molecule has 0 atom stereocenters. The number of aromatic nitrogens is 2. The lowest BCUT2D eigenvalue weighted by Crippen LogP contribution is -2.05. The Morgan fingerprint density at radius 3 is 1.35 bits per heavy atom. The Kier molecular flexibility index (Phi) is 7.99. The predicted molar refractivity (Wildman–Crippen MR) is 240 cm³/mol. The van der Waals surface area contributed by atoms with Crippen molar-refractivity contribution in [1.29, 1.82) is 5.26 Å². The van der Waals surface area contributed by atoms with Gasteiger partial charge in [0, 0.05) is 21.5 Å². The number of aryl methyl sites for hydroxylation is 5. The zero-order valence-corrected chi connectivity index (χ0v) is 32.9. The molecule has 3 heteroatoms. The van der Waals surface area contributed by atoms with Crippen LogP contribution in [0, 0.1) is 45.9 Å². The number of para-hydroxylation sites is 2. The molecule has 0 N–H and O–H groups in total. The first-order chi connectivity index (χ1) is 27.7. The highest BCUT2D eigenvalue weighted by atomic mass is 15.1. The fourth-order valence-electron chi connectivity index (χ4n) is 9.21. The minimum absolute atomic E-state index is 0.648. The van der Waals surface area contributed by atoms with Gasteiger partial charge in [-0.1, -0.05) is 119 Å². The monoisotopic (exact) mass is 731 g/mol. The molecule has 10 aromatic rings. The molecule has 8 aromatic carbocycles. The Labute approximate surface area is 333 Å². The van der Waals surface area contributed by atoms with Gasteiger partial charge in [-0.2, -0.15) is 5.26 Å². The van der Waals surface area contributed by atoms with E-state index >= 15 is 0 Å². The summed E-state index contributed by atoms with van der Waals surface area (Å²) in [6.07, 6.45) is 0. The number of hydrogen-bond donors (Lipinski definition) is 0. The van der Waals surface area contributed by atoms with E-state index in [-0.39, 0.29) is 0 Å². The molecule has 0 aliphatic heterocycles. The van der Waals surface area contributed by atoms with Gasteiger partial charge in [0.05, 0.1) is 45.1 Å². The largest absolute Gasteiger partial charge is 0.307 e. The summed E-state index contributed by atoms with van der Waals surface area (Å²) in [6.45, 7) is 10.9. The van der Waals surface area contributed by atoms with Gasteiger partial charge in [0.15, 0.2) is 0 Å². The molecule has 0 radical (unpaired) electrons. The smallest absolute Gasteiger partial charge is 0.0991 e. The van der Waals surface area contributed by atoms with Gasteiger partial charge < -0.3 is 9.13 Å². The van der Waals surface area contributed by atoms with Crippen LogP contribution >= 0.6 is 0 Å². The maximum absolute atomic E-state index is 9.89. The third-order valence-corrected chi connectivity index (χ3v) is 11.6. The molecule has 57 heavy (non-hydrogen) atoms. The average molecular weight is 732 g/mol. The van der Waals surface area contributed by atoms with Crippen molar-refractivity contribution in [2.24, 2.45) is 0 Å². The van der Waals surface area contributed by atoms with Crippen molar-refractivity contribution >= 4 is 43.6 Å². The highest BCUT2D eigenvalue weighted by molar-refractivity contribution is 6.13. The topological polar surface area (TPSA) is 33.6 Å². The summed E-state index contributed by atoms with van der Waals surface area (Å²) in [7, 11) is 0. The summed E-state index contributed by atoms with van der Waals surface area (Å²) >= 11 is 0. The molecule has 0 bridgehead atoms. The van der Waals surface area contributed by atoms with Crippen LogP contribution in [0.25, 0.3) is 88.4 Å². The summed E-state index contributed by atoms with van der Waals surface area (Å²) in [5.41, 5.74) is 20.6. The van der Waals surface area contributed by atoms with Gasteiger partial charge in [-0.3, -0.25) is 0 Å². The molecular weight excluding hydrogens is 691 g/mol. The van der Waals surface area contributed by atoms with Crippen molar-refractivity contribution in [3.05, 3.63) is 191 Å². The van der Waals surface area contributed by atoms with Gasteiger partial charge in [0.2, 0.25) is 0 Å². The summed E-state index contributed by atoms with van der Waals surface area (Å²) in [6, 6.07) is 60.0. The minimum Gasteiger partial charge on any atom is -0.307 e. The molecule has 0 saturated heterocycles. The number of benzene rings is 8. The first kappa shape index (κ1) is 34.3. The lowest BCUT2D eigenvalue weighted by atomic mass is 9.97. The molecule has 0 amide bonds. The zero-order chi connectivity index (χ0) is 38.9.